The summed E-state index contributed by atoms with van der Waals surface area (Å²) in [4.78, 5) is 12.6. The summed E-state index contributed by atoms with van der Waals surface area (Å²) in [6, 6.07) is 71.1. The van der Waals surface area contributed by atoms with Gasteiger partial charge in [-0.25, -0.2) is 9.97 Å². The molecule has 0 amide bonds. The zero-order chi connectivity index (χ0) is 37.4. The summed E-state index contributed by atoms with van der Waals surface area (Å²) in [7, 11) is 0. The lowest BCUT2D eigenvalue weighted by molar-refractivity contribution is 1.14. The molecule has 0 atom stereocenters. The molecular weight excluding hydrogens is 681 g/mol. The fourth-order valence-corrected chi connectivity index (χ4v) is 7.91. The molecule has 0 bridgehead atoms. The standard InChI is InChI=1S/C52H38N4/c1-2-36-21-28-42(29-22-36)55(44-32-25-39(26-33-44)52-51(38-13-5-3-6-14-38)53-47-18-10-11-19-48(47)54-52)43-30-23-37(24-31-43)40-27-34-50-46(35-40)45-17-9-12-20-49(45)56(50)41-15-7-4-8-16-41/h3-35H,2H2,1H3. The Hall–Kier alpha value is -7.30. The van der Waals surface area contributed by atoms with Crippen LogP contribution in [0.15, 0.2) is 200 Å². The summed E-state index contributed by atoms with van der Waals surface area (Å²) in [5, 5.41) is 2.50. The molecular formula is C52H38N4. The second-order valence-corrected chi connectivity index (χ2v) is 14.1. The van der Waals surface area contributed by atoms with Crippen LogP contribution in [0.3, 0.4) is 0 Å². The largest absolute Gasteiger partial charge is 0.311 e. The van der Waals surface area contributed by atoms with Crippen LogP contribution in [0.25, 0.3) is 72.2 Å². The van der Waals surface area contributed by atoms with Gasteiger partial charge in [0.1, 0.15) is 0 Å². The first-order chi connectivity index (χ1) is 27.7. The molecule has 2 aromatic heterocycles. The van der Waals surface area contributed by atoms with Gasteiger partial charge in [-0.2, -0.15) is 0 Å². The van der Waals surface area contributed by atoms with Crippen LogP contribution < -0.4 is 4.90 Å². The normalized spacial score (nSPS) is 11.4. The molecule has 0 saturated carbocycles. The molecule has 2 heterocycles. The first kappa shape index (κ1) is 33.3. The number of aryl methyl sites for hydroxylation is 1. The third kappa shape index (κ3) is 5.98. The smallest absolute Gasteiger partial charge is 0.0973 e. The zero-order valence-electron chi connectivity index (χ0n) is 31.0. The second-order valence-electron chi connectivity index (χ2n) is 14.1. The second kappa shape index (κ2) is 14.2. The van der Waals surface area contributed by atoms with E-state index in [1.165, 1.54) is 38.5 Å². The van der Waals surface area contributed by atoms with E-state index in [1.54, 1.807) is 0 Å². The number of para-hydroxylation sites is 4. The lowest BCUT2D eigenvalue weighted by Crippen LogP contribution is -2.10. The number of anilines is 3. The Bertz CT molecular complexity index is 2970. The molecule has 4 heteroatoms. The molecule has 0 aliphatic heterocycles. The number of aromatic nitrogens is 3. The number of nitrogens with zero attached hydrogens (tertiary/aromatic N) is 4. The van der Waals surface area contributed by atoms with Gasteiger partial charge >= 0.3 is 0 Å². The molecule has 0 fully saturated rings. The summed E-state index contributed by atoms with van der Waals surface area (Å²) in [6.45, 7) is 2.19. The minimum Gasteiger partial charge on any atom is -0.311 e. The molecule has 266 valence electrons. The number of rotatable bonds is 8. The van der Waals surface area contributed by atoms with Gasteiger partial charge in [0.2, 0.25) is 0 Å². The van der Waals surface area contributed by atoms with Gasteiger partial charge in [-0.05, 0) is 102 Å². The van der Waals surface area contributed by atoms with Crippen molar-refractivity contribution < 1.29 is 0 Å². The summed E-state index contributed by atoms with van der Waals surface area (Å²) in [5.74, 6) is 0. The third-order valence-corrected chi connectivity index (χ3v) is 10.8. The highest BCUT2D eigenvalue weighted by Gasteiger charge is 2.18. The van der Waals surface area contributed by atoms with Crippen molar-refractivity contribution in [3.8, 4) is 39.3 Å². The highest BCUT2D eigenvalue weighted by molar-refractivity contribution is 6.10. The zero-order valence-corrected chi connectivity index (χ0v) is 31.0. The predicted octanol–water partition coefficient (Wildman–Crippen LogP) is 13.8. The van der Waals surface area contributed by atoms with Gasteiger partial charge in [0.25, 0.3) is 0 Å². The highest BCUT2D eigenvalue weighted by atomic mass is 15.1. The van der Waals surface area contributed by atoms with Crippen LogP contribution in [-0.4, -0.2) is 14.5 Å². The molecule has 0 aliphatic rings. The Morgan fingerprint density at radius 2 is 0.893 bits per heavy atom. The van der Waals surface area contributed by atoms with Crippen molar-refractivity contribution >= 4 is 49.9 Å². The average Bonchev–Trinajstić information content (AvgIpc) is 3.61. The fourth-order valence-electron chi connectivity index (χ4n) is 7.91. The number of fused-ring (bicyclic) bond motifs is 4. The van der Waals surface area contributed by atoms with E-state index in [4.69, 9.17) is 9.97 Å². The van der Waals surface area contributed by atoms with Crippen molar-refractivity contribution in [2.75, 3.05) is 4.90 Å². The van der Waals surface area contributed by atoms with Crippen LogP contribution >= 0.6 is 0 Å². The lowest BCUT2D eigenvalue weighted by Gasteiger charge is -2.26. The Labute approximate surface area is 326 Å². The van der Waals surface area contributed by atoms with Crippen LogP contribution in [0.4, 0.5) is 17.1 Å². The van der Waals surface area contributed by atoms with Gasteiger partial charge in [-0.15, -0.1) is 0 Å². The predicted molar refractivity (Wildman–Crippen MR) is 234 cm³/mol. The van der Waals surface area contributed by atoms with Gasteiger partial charge in [0.15, 0.2) is 0 Å². The monoisotopic (exact) mass is 718 g/mol. The van der Waals surface area contributed by atoms with E-state index in [-0.39, 0.29) is 0 Å². The van der Waals surface area contributed by atoms with Crippen LogP contribution in [0.1, 0.15) is 12.5 Å². The van der Waals surface area contributed by atoms with Crippen LogP contribution in [0.2, 0.25) is 0 Å². The minimum atomic E-state index is 0.869. The van der Waals surface area contributed by atoms with Crippen molar-refractivity contribution in [3.63, 3.8) is 0 Å². The van der Waals surface area contributed by atoms with E-state index in [1.807, 2.05) is 30.3 Å². The van der Waals surface area contributed by atoms with Crippen LogP contribution in [0.5, 0.6) is 0 Å². The van der Waals surface area contributed by atoms with E-state index in [0.29, 0.717) is 0 Å². The summed E-state index contributed by atoms with van der Waals surface area (Å²) in [6.07, 6.45) is 0.995. The van der Waals surface area contributed by atoms with E-state index in [9.17, 15) is 0 Å². The van der Waals surface area contributed by atoms with Crippen molar-refractivity contribution in [1.29, 1.82) is 0 Å². The molecule has 10 aromatic rings. The third-order valence-electron chi connectivity index (χ3n) is 10.8. The topological polar surface area (TPSA) is 34.0 Å². The Kier molecular flexibility index (Phi) is 8.42. The molecule has 0 unspecified atom stereocenters. The van der Waals surface area contributed by atoms with Gasteiger partial charge in [0, 0.05) is 44.6 Å². The number of benzene rings is 8. The van der Waals surface area contributed by atoms with Gasteiger partial charge in [-0.1, -0.05) is 128 Å². The quantitative estimate of drug-likeness (QED) is 0.157. The Balaban J connectivity index is 1.04. The maximum absolute atomic E-state index is 5.15. The summed E-state index contributed by atoms with van der Waals surface area (Å²) >= 11 is 0. The molecule has 10 rings (SSSR count). The first-order valence-electron chi connectivity index (χ1n) is 19.2. The first-order valence-corrected chi connectivity index (χ1v) is 19.2. The molecule has 0 saturated heterocycles. The van der Waals surface area contributed by atoms with Crippen LogP contribution in [-0.2, 0) is 6.42 Å². The summed E-state index contributed by atoms with van der Waals surface area (Å²) < 4.78 is 2.36. The molecule has 4 nitrogen and oxygen atoms in total. The highest BCUT2D eigenvalue weighted by Crippen LogP contribution is 2.39. The Morgan fingerprint density at radius 3 is 1.52 bits per heavy atom. The van der Waals surface area contributed by atoms with E-state index in [0.717, 1.165) is 62.7 Å². The van der Waals surface area contributed by atoms with Gasteiger partial charge < -0.3 is 9.47 Å². The SMILES string of the molecule is CCc1ccc(N(c2ccc(-c3ccc4c(c3)c3ccccc3n4-c3ccccc3)cc2)c2ccc(-c3nc4ccccc4nc3-c3ccccc3)cc2)cc1. The van der Waals surface area contributed by atoms with E-state index < -0.39 is 0 Å². The molecule has 0 spiro atoms. The summed E-state index contributed by atoms with van der Waals surface area (Å²) in [5.41, 5.74) is 16.1. The maximum atomic E-state index is 5.15. The molecule has 0 aliphatic carbocycles. The maximum Gasteiger partial charge on any atom is 0.0973 e. The van der Waals surface area contributed by atoms with Gasteiger partial charge in [0.05, 0.1) is 33.5 Å². The van der Waals surface area contributed by atoms with Crippen molar-refractivity contribution in [2.45, 2.75) is 13.3 Å². The molecule has 0 radical (unpaired) electrons. The minimum absolute atomic E-state index is 0.869. The van der Waals surface area contributed by atoms with Crippen molar-refractivity contribution in [1.82, 2.24) is 14.5 Å². The van der Waals surface area contributed by atoms with E-state index in [2.05, 4.69) is 186 Å². The Morgan fingerprint density at radius 1 is 0.411 bits per heavy atom. The van der Waals surface area contributed by atoms with Crippen molar-refractivity contribution in [3.05, 3.63) is 206 Å². The van der Waals surface area contributed by atoms with Crippen molar-refractivity contribution in [2.24, 2.45) is 0 Å². The molecule has 0 N–H and O–H groups in total. The fraction of sp³-hybridized carbons (Fsp3) is 0.0385. The van der Waals surface area contributed by atoms with Crippen LogP contribution in [0, 0.1) is 0 Å². The number of hydrogen-bond acceptors (Lipinski definition) is 3. The van der Waals surface area contributed by atoms with Gasteiger partial charge in [-0.3, -0.25) is 0 Å². The molecule has 56 heavy (non-hydrogen) atoms. The lowest BCUT2D eigenvalue weighted by atomic mass is 10.0. The number of hydrogen-bond donors (Lipinski definition) is 0. The molecule has 8 aromatic carbocycles. The van der Waals surface area contributed by atoms with E-state index >= 15 is 0 Å². The average molecular weight is 719 g/mol.